The first-order valence-electron chi connectivity index (χ1n) is 8.69. The highest BCUT2D eigenvalue weighted by Gasteiger charge is 2.14. The van der Waals surface area contributed by atoms with Crippen molar-refractivity contribution >= 4 is 15.7 Å². The predicted molar refractivity (Wildman–Crippen MR) is 108 cm³/mol. The highest BCUT2D eigenvalue weighted by atomic mass is 32.2. The van der Waals surface area contributed by atoms with Gasteiger partial charge in [0.25, 0.3) is 10.0 Å². The molecule has 0 amide bonds. The Morgan fingerprint density at radius 2 is 1.83 bits per heavy atom. The fourth-order valence-corrected chi connectivity index (χ4v) is 3.79. The topological polar surface area (TPSA) is 99.0 Å². The lowest BCUT2D eigenvalue weighted by atomic mass is 10.2. The van der Waals surface area contributed by atoms with E-state index in [2.05, 4.69) is 19.8 Å². The Labute approximate surface area is 167 Å². The van der Waals surface area contributed by atoms with Crippen LogP contribution in [0.3, 0.4) is 0 Å². The van der Waals surface area contributed by atoms with Crippen molar-refractivity contribution in [1.29, 1.82) is 0 Å². The highest BCUT2D eigenvalue weighted by Crippen LogP contribution is 2.24. The molecule has 0 aliphatic carbocycles. The molecule has 9 heteroatoms. The Kier molecular flexibility index (Phi) is 4.96. The Morgan fingerprint density at radius 3 is 2.55 bits per heavy atom. The van der Waals surface area contributed by atoms with Crippen LogP contribution in [0.2, 0.25) is 0 Å². The molecule has 4 aromatic rings. The third kappa shape index (κ3) is 4.41. The van der Waals surface area contributed by atoms with Gasteiger partial charge in [0, 0.05) is 24.1 Å². The summed E-state index contributed by atoms with van der Waals surface area (Å²) in [7, 11) is -3.66. The lowest BCUT2D eigenvalue weighted by molar-refractivity contribution is 0.460. The van der Waals surface area contributed by atoms with Crippen molar-refractivity contribution in [3.63, 3.8) is 0 Å². The van der Waals surface area contributed by atoms with Crippen LogP contribution in [0.5, 0.6) is 11.6 Å². The molecule has 0 unspecified atom stereocenters. The van der Waals surface area contributed by atoms with E-state index >= 15 is 0 Å². The summed E-state index contributed by atoms with van der Waals surface area (Å²) < 4.78 is 34.9. The van der Waals surface area contributed by atoms with Gasteiger partial charge in [-0.3, -0.25) is 4.72 Å². The van der Waals surface area contributed by atoms with Crippen molar-refractivity contribution in [1.82, 2.24) is 19.7 Å². The van der Waals surface area contributed by atoms with E-state index in [4.69, 9.17) is 4.74 Å². The summed E-state index contributed by atoms with van der Waals surface area (Å²) in [6, 6.07) is 16.7. The van der Waals surface area contributed by atoms with Crippen LogP contribution in [0.4, 0.5) is 5.69 Å². The van der Waals surface area contributed by atoms with Crippen molar-refractivity contribution in [2.45, 2.75) is 11.8 Å². The van der Waals surface area contributed by atoms with E-state index in [-0.39, 0.29) is 4.90 Å². The molecule has 0 spiro atoms. The Hall–Kier alpha value is -3.72. The van der Waals surface area contributed by atoms with Crippen molar-refractivity contribution in [3.05, 3.63) is 84.9 Å². The Balaban J connectivity index is 1.48. The van der Waals surface area contributed by atoms with E-state index in [1.807, 2.05) is 13.0 Å². The van der Waals surface area contributed by atoms with E-state index in [9.17, 15) is 8.42 Å². The first kappa shape index (κ1) is 18.6. The molecule has 0 aliphatic heterocycles. The first-order chi connectivity index (χ1) is 14.0. The second-order valence-electron chi connectivity index (χ2n) is 6.21. The maximum absolute atomic E-state index is 12.5. The summed E-state index contributed by atoms with van der Waals surface area (Å²) in [4.78, 5) is 8.45. The number of hydrogen-bond donors (Lipinski definition) is 1. The maximum Gasteiger partial charge on any atom is 0.261 e. The van der Waals surface area contributed by atoms with Crippen LogP contribution in [0.1, 0.15) is 5.56 Å². The summed E-state index contributed by atoms with van der Waals surface area (Å²) >= 11 is 0. The van der Waals surface area contributed by atoms with Gasteiger partial charge in [0.05, 0.1) is 4.90 Å². The predicted octanol–water partition coefficient (Wildman–Crippen LogP) is 3.56. The van der Waals surface area contributed by atoms with Crippen molar-refractivity contribution in [2.75, 3.05) is 4.72 Å². The maximum atomic E-state index is 12.5. The van der Waals surface area contributed by atoms with Gasteiger partial charge in [0.2, 0.25) is 5.88 Å². The van der Waals surface area contributed by atoms with E-state index in [1.165, 1.54) is 6.33 Å². The largest absolute Gasteiger partial charge is 0.439 e. The Morgan fingerprint density at radius 1 is 1.00 bits per heavy atom. The van der Waals surface area contributed by atoms with Crippen LogP contribution in [-0.4, -0.2) is 28.2 Å². The summed E-state index contributed by atoms with van der Waals surface area (Å²) in [5.41, 5.74) is 1.30. The fourth-order valence-electron chi connectivity index (χ4n) is 2.62. The number of nitrogens with one attached hydrogen (secondary N) is 1. The van der Waals surface area contributed by atoms with Crippen LogP contribution >= 0.6 is 0 Å². The van der Waals surface area contributed by atoms with Gasteiger partial charge < -0.3 is 4.74 Å². The van der Waals surface area contributed by atoms with Crippen LogP contribution in [0.15, 0.2) is 84.3 Å². The Bertz CT molecular complexity index is 1220. The van der Waals surface area contributed by atoms with Crippen LogP contribution in [0, 0.1) is 6.92 Å². The molecule has 2 aromatic heterocycles. The van der Waals surface area contributed by atoms with Gasteiger partial charge in [-0.25, -0.2) is 23.1 Å². The van der Waals surface area contributed by atoms with Gasteiger partial charge >= 0.3 is 0 Å². The van der Waals surface area contributed by atoms with Crippen LogP contribution in [-0.2, 0) is 10.0 Å². The fraction of sp³-hybridized carbons (Fsp3) is 0.0500. The zero-order valence-electron chi connectivity index (χ0n) is 15.4. The molecule has 8 nitrogen and oxygen atoms in total. The summed E-state index contributed by atoms with van der Waals surface area (Å²) in [5, 5.41) is 4.12. The monoisotopic (exact) mass is 407 g/mol. The second-order valence-corrected chi connectivity index (χ2v) is 7.90. The zero-order valence-corrected chi connectivity index (χ0v) is 16.2. The quantitative estimate of drug-likeness (QED) is 0.525. The number of rotatable bonds is 6. The number of nitrogens with zero attached hydrogens (tertiary/aromatic N) is 4. The van der Waals surface area contributed by atoms with Crippen molar-refractivity contribution in [2.24, 2.45) is 0 Å². The summed E-state index contributed by atoms with van der Waals surface area (Å²) in [6.45, 7) is 1.84. The molecule has 0 radical (unpaired) electrons. The molecule has 146 valence electrons. The molecule has 0 saturated carbocycles. The molecule has 2 aromatic carbocycles. The molecule has 0 saturated heterocycles. The van der Waals surface area contributed by atoms with Gasteiger partial charge in [0.1, 0.15) is 12.1 Å². The molecule has 29 heavy (non-hydrogen) atoms. The highest BCUT2D eigenvalue weighted by molar-refractivity contribution is 7.92. The molecule has 0 aliphatic rings. The minimum absolute atomic E-state index is 0.213. The average molecular weight is 407 g/mol. The molecule has 4 rings (SSSR count). The SMILES string of the molecule is Cc1cccc(S(=O)(=O)Nc2ccc(Oc3cc(-n4cccn4)ncn3)cc2)c1. The summed E-state index contributed by atoms with van der Waals surface area (Å²) in [6.07, 6.45) is 4.80. The standard InChI is InChI=1S/C20H17N5O3S/c1-15-4-2-5-18(12-15)29(26,27)24-16-6-8-17(9-7-16)28-20-13-19(21-14-22-20)25-11-3-10-23-25/h2-14,24H,1H3. The third-order valence-corrected chi connectivity index (χ3v) is 5.37. The number of anilines is 1. The van der Waals surface area contributed by atoms with Crippen molar-refractivity contribution in [3.8, 4) is 17.4 Å². The number of ether oxygens (including phenoxy) is 1. The smallest absolute Gasteiger partial charge is 0.261 e. The van der Waals surface area contributed by atoms with Crippen molar-refractivity contribution < 1.29 is 13.2 Å². The van der Waals surface area contributed by atoms with Gasteiger partial charge in [0.15, 0.2) is 5.82 Å². The van der Waals surface area contributed by atoms with E-state index in [0.29, 0.717) is 23.1 Å². The first-order valence-corrected chi connectivity index (χ1v) is 10.2. The number of aryl methyl sites for hydroxylation is 1. The number of hydrogen-bond acceptors (Lipinski definition) is 6. The average Bonchev–Trinajstić information content (AvgIpc) is 3.25. The van der Waals surface area contributed by atoms with Gasteiger partial charge in [-0.1, -0.05) is 12.1 Å². The third-order valence-electron chi connectivity index (χ3n) is 4.00. The molecule has 0 bridgehead atoms. The normalized spacial score (nSPS) is 11.2. The molecule has 0 fully saturated rings. The lowest BCUT2D eigenvalue weighted by Crippen LogP contribution is -2.12. The van der Waals surface area contributed by atoms with Crippen LogP contribution in [0.25, 0.3) is 5.82 Å². The number of benzene rings is 2. The van der Waals surface area contributed by atoms with Gasteiger partial charge in [-0.05, 0) is 55.0 Å². The molecular weight excluding hydrogens is 390 g/mol. The lowest BCUT2D eigenvalue weighted by Gasteiger charge is -2.10. The van der Waals surface area contributed by atoms with Gasteiger partial charge in [-0.2, -0.15) is 5.10 Å². The molecule has 0 atom stereocenters. The second kappa shape index (κ2) is 7.72. The van der Waals surface area contributed by atoms with Crippen LogP contribution < -0.4 is 9.46 Å². The molecule has 2 heterocycles. The van der Waals surface area contributed by atoms with Gasteiger partial charge in [-0.15, -0.1) is 0 Å². The minimum Gasteiger partial charge on any atom is -0.439 e. The van der Waals surface area contributed by atoms with E-state index in [0.717, 1.165) is 5.56 Å². The minimum atomic E-state index is -3.66. The van der Waals surface area contributed by atoms with E-state index in [1.54, 1.807) is 71.7 Å². The zero-order chi connectivity index (χ0) is 20.3. The van der Waals surface area contributed by atoms with E-state index < -0.39 is 10.0 Å². The molecular formula is C20H17N5O3S. The summed E-state index contributed by atoms with van der Waals surface area (Å²) in [5.74, 6) is 1.43. The number of aromatic nitrogens is 4. The molecule has 1 N–H and O–H groups in total. The number of sulfonamides is 1.